The van der Waals surface area contributed by atoms with E-state index in [9.17, 15) is 22.4 Å². The molecule has 1 heterocycles. The van der Waals surface area contributed by atoms with E-state index in [0.717, 1.165) is 5.01 Å². The zero-order valence-corrected chi connectivity index (χ0v) is 16.1. The molecule has 1 N–H and O–H groups in total. The Morgan fingerprint density at radius 3 is 2.68 bits per heavy atom. The first kappa shape index (κ1) is 20.1. The Bertz CT molecular complexity index is 1000. The quantitative estimate of drug-likeness (QED) is 0.499. The highest BCUT2D eigenvalue weighted by Crippen LogP contribution is 2.32. The van der Waals surface area contributed by atoms with Gasteiger partial charge in [-0.3, -0.25) is 9.80 Å². The molecule has 0 radical (unpaired) electrons. The second-order valence-electron chi connectivity index (χ2n) is 5.88. The molecule has 3 rings (SSSR count). The summed E-state index contributed by atoms with van der Waals surface area (Å²) in [6.45, 7) is 0. The Labute approximate surface area is 170 Å². The monoisotopic (exact) mass is 502 g/mol. The fourth-order valence-electron chi connectivity index (χ4n) is 2.65. The summed E-state index contributed by atoms with van der Waals surface area (Å²) in [5.74, 6) is -1.54. The van der Waals surface area contributed by atoms with Crippen molar-refractivity contribution < 1.29 is 22.4 Å². The van der Waals surface area contributed by atoms with Crippen molar-refractivity contribution in [1.29, 1.82) is 5.26 Å². The summed E-state index contributed by atoms with van der Waals surface area (Å²) in [6, 6.07) is 10.3. The van der Waals surface area contributed by atoms with Crippen LogP contribution in [0.3, 0.4) is 0 Å². The van der Waals surface area contributed by atoms with Crippen molar-refractivity contribution in [2.24, 2.45) is 5.10 Å². The van der Waals surface area contributed by atoms with Gasteiger partial charge < -0.3 is 5.32 Å². The van der Waals surface area contributed by atoms with Crippen LogP contribution in [-0.2, 0) is 4.79 Å². The van der Waals surface area contributed by atoms with E-state index in [1.807, 2.05) is 28.7 Å². The number of carbonyl (C=O) groups is 1. The maximum atomic E-state index is 14.0. The SMILES string of the molecule is N#Cc1cccc(N2N=C(C(F)(F)F)CC2C(=O)Nc2ccc(I)cc2F)c1. The molecular weight excluding hydrogens is 491 g/mol. The predicted octanol–water partition coefficient (Wildman–Crippen LogP) is 4.44. The number of anilines is 2. The second-order valence-corrected chi connectivity index (χ2v) is 7.13. The Morgan fingerprint density at radius 2 is 2.04 bits per heavy atom. The summed E-state index contributed by atoms with van der Waals surface area (Å²) in [6.07, 6.45) is -5.41. The Hall–Kier alpha value is -2.68. The number of nitrogens with one attached hydrogen (secondary N) is 1. The summed E-state index contributed by atoms with van der Waals surface area (Å²) in [5.41, 5.74) is -0.910. The molecule has 1 aliphatic heterocycles. The lowest BCUT2D eigenvalue weighted by molar-refractivity contribution is -0.117. The normalized spacial score (nSPS) is 16.5. The molecule has 1 atom stereocenters. The van der Waals surface area contributed by atoms with Gasteiger partial charge in [-0.25, -0.2) is 4.39 Å². The number of nitriles is 1. The smallest absolute Gasteiger partial charge is 0.322 e. The van der Waals surface area contributed by atoms with Gasteiger partial charge in [0.2, 0.25) is 5.91 Å². The molecule has 0 aromatic heterocycles. The number of hydrazone groups is 1. The maximum absolute atomic E-state index is 14.0. The number of hydrogen-bond donors (Lipinski definition) is 1. The standard InChI is InChI=1S/C18H11F4IN4O/c19-13-7-11(23)4-5-14(13)25-17(28)15-8-16(18(20,21)22)26-27(15)12-3-1-2-10(6-12)9-24/h1-7,15H,8H2,(H,25,28). The van der Waals surface area contributed by atoms with Crippen LogP contribution in [-0.4, -0.2) is 23.8 Å². The Morgan fingerprint density at radius 1 is 1.29 bits per heavy atom. The topological polar surface area (TPSA) is 68.5 Å². The van der Waals surface area contributed by atoms with Gasteiger partial charge in [0, 0.05) is 9.99 Å². The third-order valence-corrected chi connectivity index (χ3v) is 4.64. The first-order chi connectivity index (χ1) is 13.2. The van der Waals surface area contributed by atoms with Gasteiger partial charge in [-0.1, -0.05) is 6.07 Å². The van der Waals surface area contributed by atoms with Gasteiger partial charge in [0.25, 0.3) is 0 Å². The van der Waals surface area contributed by atoms with Gasteiger partial charge in [0.05, 0.1) is 23.0 Å². The number of hydrogen-bond acceptors (Lipinski definition) is 4. The van der Waals surface area contributed by atoms with E-state index in [2.05, 4.69) is 10.4 Å². The van der Waals surface area contributed by atoms with Crippen LogP contribution in [0.1, 0.15) is 12.0 Å². The molecule has 10 heteroatoms. The largest absolute Gasteiger partial charge is 0.431 e. The zero-order valence-electron chi connectivity index (χ0n) is 14.0. The predicted molar refractivity (Wildman–Crippen MR) is 103 cm³/mol. The zero-order chi connectivity index (χ0) is 20.5. The summed E-state index contributed by atoms with van der Waals surface area (Å²) in [4.78, 5) is 12.6. The van der Waals surface area contributed by atoms with Crippen LogP contribution in [0.2, 0.25) is 0 Å². The van der Waals surface area contributed by atoms with E-state index in [1.165, 1.54) is 36.4 Å². The molecule has 0 saturated heterocycles. The van der Waals surface area contributed by atoms with Crippen LogP contribution < -0.4 is 10.3 Å². The molecule has 28 heavy (non-hydrogen) atoms. The molecule has 0 fully saturated rings. The molecule has 2 aromatic rings. The average Bonchev–Trinajstić information content (AvgIpc) is 3.10. The number of halogens is 5. The van der Waals surface area contributed by atoms with E-state index in [4.69, 9.17) is 5.26 Å². The number of amides is 1. The number of alkyl halides is 3. The van der Waals surface area contributed by atoms with Crippen molar-refractivity contribution in [2.75, 3.05) is 10.3 Å². The van der Waals surface area contributed by atoms with Crippen LogP contribution >= 0.6 is 22.6 Å². The van der Waals surface area contributed by atoms with Crippen molar-refractivity contribution in [3.8, 4) is 6.07 Å². The summed E-state index contributed by atoms with van der Waals surface area (Å²) < 4.78 is 54.1. The van der Waals surface area contributed by atoms with Gasteiger partial charge in [0.1, 0.15) is 17.6 Å². The molecular formula is C18H11F4IN4O. The molecule has 0 aliphatic carbocycles. The third-order valence-electron chi connectivity index (χ3n) is 3.97. The lowest BCUT2D eigenvalue weighted by atomic mass is 10.1. The minimum absolute atomic E-state index is 0.142. The first-order valence-electron chi connectivity index (χ1n) is 7.89. The summed E-state index contributed by atoms with van der Waals surface area (Å²) in [5, 5.41) is 15.8. The van der Waals surface area contributed by atoms with Crippen molar-refractivity contribution in [2.45, 2.75) is 18.6 Å². The Kier molecular flexibility index (Phi) is 5.55. The number of carbonyl (C=O) groups excluding carboxylic acids is 1. The van der Waals surface area contributed by atoms with E-state index in [0.29, 0.717) is 3.57 Å². The fourth-order valence-corrected chi connectivity index (χ4v) is 3.10. The van der Waals surface area contributed by atoms with Crippen molar-refractivity contribution in [1.82, 2.24) is 0 Å². The van der Waals surface area contributed by atoms with Crippen LogP contribution in [0, 0.1) is 20.7 Å². The van der Waals surface area contributed by atoms with E-state index >= 15 is 0 Å². The highest BCUT2D eigenvalue weighted by molar-refractivity contribution is 14.1. The fraction of sp³-hybridized carbons (Fsp3) is 0.167. The van der Waals surface area contributed by atoms with Crippen LogP contribution in [0.25, 0.3) is 0 Å². The molecule has 1 aliphatic rings. The third kappa shape index (κ3) is 4.24. The highest BCUT2D eigenvalue weighted by atomic mass is 127. The number of nitrogens with zero attached hydrogens (tertiary/aromatic N) is 3. The molecule has 1 amide bonds. The van der Waals surface area contributed by atoms with E-state index in [-0.39, 0.29) is 16.9 Å². The highest BCUT2D eigenvalue weighted by Gasteiger charge is 2.45. The lowest BCUT2D eigenvalue weighted by Gasteiger charge is -2.23. The van der Waals surface area contributed by atoms with Crippen molar-refractivity contribution in [3.63, 3.8) is 0 Å². The van der Waals surface area contributed by atoms with Gasteiger partial charge in [-0.15, -0.1) is 0 Å². The van der Waals surface area contributed by atoms with Crippen LogP contribution in [0.15, 0.2) is 47.6 Å². The Balaban J connectivity index is 1.93. The average molecular weight is 502 g/mol. The van der Waals surface area contributed by atoms with Crippen LogP contribution in [0.4, 0.5) is 28.9 Å². The van der Waals surface area contributed by atoms with Gasteiger partial charge in [-0.2, -0.15) is 23.5 Å². The molecule has 0 saturated carbocycles. The number of rotatable bonds is 3. The summed E-state index contributed by atoms with van der Waals surface area (Å²) >= 11 is 1.89. The molecule has 5 nitrogen and oxygen atoms in total. The van der Waals surface area contributed by atoms with Crippen molar-refractivity contribution in [3.05, 3.63) is 57.4 Å². The summed E-state index contributed by atoms with van der Waals surface area (Å²) in [7, 11) is 0. The van der Waals surface area contributed by atoms with E-state index < -0.39 is 36.1 Å². The molecule has 0 spiro atoms. The second kappa shape index (κ2) is 7.75. The molecule has 144 valence electrons. The van der Waals surface area contributed by atoms with Gasteiger partial charge >= 0.3 is 6.18 Å². The minimum atomic E-state index is -4.71. The van der Waals surface area contributed by atoms with Crippen molar-refractivity contribution >= 4 is 45.6 Å². The van der Waals surface area contributed by atoms with Gasteiger partial charge in [0.15, 0.2) is 0 Å². The van der Waals surface area contributed by atoms with Gasteiger partial charge in [-0.05, 0) is 59.0 Å². The molecule has 0 bridgehead atoms. The maximum Gasteiger partial charge on any atom is 0.431 e. The lowest BCUT2D eigenvalue weighted by Crippen LogP contribution is -2.39. The minimum Gasteiger partial charge on any atom is -0.322 e. The molecule has 1 unspecified atom stereocenters. The van der Waals surface area contributed by atoms with E-state index in [1.54, 1.807) is 6.07 Å². The first-order valence-corrected chi connectivity index (χ1v) is 8.97. The number of benzene rings is 2. The molecule has 2 aromatic carbocycles. The van der Waals surface area contributed by atoms with Crippen LogP contribution in [0.5, 0.6) is 0 Å².